The summed E-state index contributed by atoms with van der Waals surface area (Å²) >= 11 is 0. The summed E-state index contributed by atoms with van der Waals surface area (Å²) in [6.07, 6.45) is 4.95. The third-order valence-electron chi connectivity index (χ3n) is 4.59. The van der Waals surface area contributed by atoms with Gasteiger partial charge in [-0.2, -0.15) is 0 Å². The van der Waals surface area contributed by atoms with Gasteiger partial charge < -0.3 is 9.88 Å². The molecule has 0 atom stereocenters. The Bertz CT molecular complexity index is 607. The molecule has 1 aromatic carbocycles. The first-order valence-electron chi connectivity index (χ1n) is 7.48. The molecule has 0 amide bonds. The third kappa shape index (κ3) is 2.08. The molecule has 2 heterocycles. The van der Waals surface area contributed by atoms with E-state index in [-0.39, 0.29) is 0 Å². The van der Waals surface area contributed by atoms with Crippen LogP contribution in [0.15, 0.2) is 12.1 Å². The van der Waals surface area contributed by atoms with Gasteiger partial charge in [-0.15, -0.1) is 0 Å². The average molecular weight is 256 g/mol. The zero-order chi connectivity index (χ0) is 13.4. The Morgan fingerprint density at radius 2 is 2.11 bits per heavy atom. The number of benzene rings is 1. The van der Waals surface area contributed by atoms with E-state index in [1.165, 1.54) is 60.0 Å². The Morgan fingerprint density at radius 3 is 2.89 bits per heavy atom. The van der Waals surface area contributed by atoms with Crippen LogP contribution in [0.25, 0.3) is 10.9 Å². The molecule has 0 unspecified atom stereocenters. The summed E-state index contributed by atoms with van der Waals surface area (Å²) in [6.45, 7) is 6.85. The highest BCUT2D eigenvalue weighted by atomic mass is 15.0. The second kappa shape index (κ2) is 5.01. The van der Waals surface area contributed by atoms with Crippen LogP contribution in [-0.4, -0.2) is 18.2 Å². The normalized spacial score (nSPS) is 14.3. The zero-order valence-electron chi connectivity index (χ0n) is 12.3. The molecule has 0 bridgehead atoms. The first-order valence-corrected chi connectivity index (χ1v) is 7.48. The van der Waals surface area contributed by atoms with Crippen molar-refractivity contribution in [2.45, 2.75) is 46.1 Å². The minimum atomic E-state index is 1.10. The van der Waals surface area contributed by atoms with Crippen molar-refractivity contribution < 1.29 is 0 Å². The summed E-state index contributed by atoms with van der Waals surface area (Å²) < 4.78 is 2.53. The largest absolute Gasteiger partial charge is 0.344 e. The molecule has 0 fully saturated rings. The van der Waals surface area contributed by atoms with E-state index in [9.17, 15) is 0 Å². The van der Waals surface area contributed by atoms with Crippen LogP contribution < -0.4 is 5.32 Å². The van der Waals surface area contributed by atoms with Crippen LogP contribution in [-0.2, 0) is 19.4 Å². The summed E-state index contributed by atoms with van der Waals surface area (Å²) in [5.41, 5.74) is 7.54. The van der Waals surface area contributed by atoms with Crippen LogP contribution in [0.4, 0.5) is 0 Å². The second-order valence-corrected chi connectivity index (χ2v) is 5.82. The van der Waals surface area contributed by atoms with Crippen LogP contribution >= 0.6 is 0 Å². The lowest BCUT2D eigenvalue weighted by Gasteiger charge is -2.18. The van der Waals surface area contributed by atoms with E-state index in [0.29, 0.717) is 0 Å². The van der Waals surface area contributed by atoms with Crippen molar-refractivity contribution in [2.24, 2.45) is 0 Å². The van der Waals surface area contributed by atoms with Crippen LogP contribution in [0.1, 0.15) is 35.2 Å². The number of hydrogen-bond donors (Lipinski definition) is 1. The molecule has 0 saturated heterocycles. The smallest absolute Gasteiger partial charge is 0.0517 e. The van der Waals surface area contributed by atoms with E-state index in [1.807, 2.05) is 7.05 Å². The number of rotatable bonds is 4. The first-order chi connectivity index (χ1) is 9.22. The van der Waals surface area contributed by atoms with Gasteiger partial charge in [0.05, 0.1) is 5.52 Å². The van der Waals surface area contributed by atoms with Gasteiger partial charge in [-0.1, -0.05) is 6.07 Å². The Balaban J connectivity index is 2.07. The van der Waals surface area contributed by atoms with Gasteiger partial charge in [-0.05, 0) is 75.9 Å². The second-order valence-electron chi connectivity index (χ2n) is 5.82. The molecule has 0 aliphatic carbocycles. The van der Waals surface area contributed by atoms with Gasteiger partial charge in [-0.25, -0.2) is 0 Å². The van der Waals surface area contributed by atoms with E-state index >= 15 is 0 Å². The fourth-order valence-electron chi connectivity index (χ4n) is 3.44. The molecule has 0 radical (unpaired) electrons. The maximum atomic E-state index is 3.24. The lowest BCUT2D eigenvalue weighted by atomic mass is 9.97. The maximum Gasteiger partial charge on any atom is 0.0517 e. The number of hydrogen-bond acceptors (Lipinski definition) is 1. The highest BCUT2D eigenvalue weighted by Gasteiger charge is 2.18. The molecule has 2 aromatic rings. The number of aromatic nitrogens is 1. The summed E-state index contributed by atoms with van der Waals surface area (Å²) in [6, 6.07) is 4.88. The molecule has 0 spiro atoms. The SMILES string of the molecule is CNCCCc1cc2c3c(c1)c(C)c(C)n3CCC2. The van der Waals surface area contributed by atoms with Crippen LogP contribution in [0.5, 0.6) is 0 Å². The molecule has 1 aliphatic heterocycles. The fourth-order valence-corrected chi connectivity index (χ4v) is 3.44. The van der Waals surface area contributed by atoms with Crippen molar-refractivity contribution in [3.8, 4) is 0 Å². The van der Waals surface area contributed by atoms with Gasteiger partial charge in [0, 0.05) is 17.6 Å². The molecular formula is C17H24N2. The van der Waals surface area contributed by atoms with Crippen molar-refractivity contribution >= 4 is 10.9 Å². The Kier molecular flexibility index (Phi) is 3.36. The molecule has 1 N–H and O–H groups in total. The topological polar surface area (TPSA) is 17.0 Å². The summed E-state index contributed by atoms with van der Waals surface area (Å²) in [4.78, 5) is 0. The van der Waals surface area contributed by atoms with Crippen molar-refractivity contribution in [1.29, 1.82) is 0 Å². The first kappa shape index (κ1) is 12.7. The highest BCUT2D eigenvalue weighted by molar-refractivity contribution is 5.89. The molecule has 2 heteroatoms. The predicted molar refractivity (Wildman–Crippen MR) is 82.0 cm³/mol. The van der Waals surface area contributed by atoms with E-state index in [4.69, 9.17) is 0 Å². The summed E-state index contributed by atoms with van der Waals surface area (Å²) in [5.74, 6) is 0. The third-order valence-corrected chi connectivity index (χ3v) is 4.59. The predicted octanol–water partition coefficient (Wildman–Crippen LogP) is 3.36. The summed E-state index contributed by atoms with van der Waals surface area (Å²) in [5, 5.41) is 4.73. The molecule has 2 nitrogen and oxygen atoms in total. The van der Waals surface area contributed by atoms with Crippen molar-refractivity contribution in [1.82, 2.24) is 9.88 Å². The average Bonchev–Trinajstić information content (AvgIpc) is 2.67. The van der Waals surface area contributed by atoms with E-state index in [0.717, 1.165) is 6.54 Å². The van der Waals surface area contributed by atoms with Gasteiger partial charge in [0.1, 0.15) is 0 Å². The van der Waals surface area contributed by atoms with Crippen LogP contribution in [0, 0.1) is 13.8 Å². The molecule has 3 rings (SSSR count). The molecule has 19 heavy (non-hydrogen) atoms. The maximum absolute atomic E-state index is 3.24. The van der Waals surface area contributed by atoms with Crippen molar-refractivity contribution in [3.63, 3.8) is 0 Å². The van der Waals surface area contributed by atoms with Crippen molar-refractivity contribution in [2.75, 3.05) is 13.6 Å². The van der Waals surface area contributed by atoms with Crippen LogP contribution in [0.3, 0.4) is 0 Å². The highest BCUT2D eigenvalue weighted by Crippen LogP contribution is 2.33. The molecule has 0 saturated carbocycles. The van der Waals surface area contributed by atoms with Crippen LogP contribution in [0.2, 0.25) is 0 Å². The lowest BCUT2D eigenvalue weighted by molar-refractivity contribution is 0.621. The lowest BCUT2D eigenvalue weighted by Crippen LogP contribution is -2.10. The van der Waals surface area contributed by atoms with E-state index in [1.54, 1.807) is 5.56 Å². The van der Waals surface area contributed by atoms with Gasteiger partial charge in [0.25, 0.3) is 0 Å². The van der Waals surface area contributed by atoms with E-state index in [2.05, 4.69) is 35.9 Å². The summed E-state index contributed by atoms with van der Waals surface area (Å²) in [7, 11) is 2.03. The Morgan fingerprint density at radius 1 is 1.26 bits per heavy atom. The number of aryl methyl sites for hydroxylation is 4. The Labute approximate surface area is 115 Å². The molecule has 102 valence electrons. The minimum absolute atomic E-state index is 1.10. The number of nitrogens with one attached hydrogen (secondary N) is 1. The molecule has 1 aliphatic rings. The van der Waals surface area contributed by atoms with Gasteiger partial charge in [-0.3, -0.25) is 0 Å². The Hall–Kier alpha value is -1.28. The monoisotopic (exact) mass is 256 g/mol. The molecular weight excluding hydrogens is 232 g/mol. The fraction of sp³-hybridized carbons (Fsp3) is 0.529. The van der Waals surface area contributed by atoms with Gasteiger partial charge in [0.15, 0.2) is 0 Å². The zero-order valence-corrected chi connectivity index (χ0v) is 12.3. The minimum Gasteiger partial charge on any atom is -0.344 e. The van der Waals surface area contributed by atoms with Crippen molar-refractivity contribution in [3.05, 3.63) is 34.5 Å². The standard InChI is InChI=1S/C17H24N2/c1-12-13(2)19-9-5-7-15-10-14(6-4-8-18-3)11-16(12)17(15)19/h10-11,18H,4-9H2,1-3H3. The van der Waals surface area contributed by atoms with E-state index < -0.39 is 0 Å². The van der Waals surface area contributed by atoms with Gasteiger partial charge >= 0.3 is 0 Å². The van der Waals surface area contributed by atoms with Gasteiger partial charge in [0.2, 0.25) is 0 Å². The quantitative estimate of drug-likeness (QED) is 0.830. The number of nitrogens with zero attached hydrogens (tertiary/aromatic N) is 1. The molecule has 1 aromatic heterocycles.